The summed E-state index contributed by atoms with van der Waals surface area (Å²) in [4.78, 5) is 19.2. The van der Waals surface area contributed by atoms with E-state index in [4.69, 9.17) is 4.74 Å². The molecule has 1 saturated heterocycles. The van der Waals surface area contributed by atoms with Crippen molar-refractivity contribution in [2.45, 2.75) is 12.5 Å². The van der Waals surface area contributed by atoms with Crippen LogP contribution in [0.5, 0.6) is 0 Å². The number of aliphatic hydroxyl groups excluding tert-OH is 1. The van der Waals surface area contributed by atoms with Crippen LogP contribution in [0.3, 0.4) is 0 Å². The van der Waals surface area contributed by atoms with E-state index in [1.165, 1.54) is 0 Å². The summed E-state index contributed by atoms with van der Waals surface area (Å²) in [6.07, 6.45) is 4.06. The molecule has 1 fully saturated rings. The zero-order valence-corrected chi connectivity index (χ0v) is 11.2. The molecule has 2 aromatic rings. The second-order valence-electron chi connectivity index (χ2n) is 4.50. The summed E-state index contributed by atoms with van der Waals surface area (Å²) in [6, 6.07) is -0.231. The van der Waals surface area contributed by atoms with Crippen molar-refractivity contribution in [3.05, 3.63) is 23.5 Å². The fraction of sp³-hybridized carbons (Fsp3) is 0.500. The molecular weight excluding hydrogens is 266 g/mol. The van der Waals surface area contributed by atoms with Crippen molar-refractivity contribution in [1.82, 2.24) is 14.3 Å². The van der Waals surface area contributed by atoms with Gasteiger partial charge in [0.2, 0.25) is 5.91 Å². The van der Waals surface area contributed by atoms with Gasteiger partial charge in [0.15, 0.2) is 4.96 Å². The predicted molar refractivity (Wildman–Crippen MR) is 70.2 cm³/mol. The van der Waals surface area contributed by atoms with Crippen molar-refractivity contribution in [2.75, 3.05) is 26.4 Å². The third kappa shape index (κ3) is 2.49. The van der Waals surface area contributed by atoms with Gasteiger partial charge in [0.1, 0.15) is 0 Å². The quantitative estimate of drug-likeness (QED) is 0.870. The van der Waals surface area contributed by atoms with Gasteiger partial charge in [-0.15, -0.1) is 11.3 Å². The predicted octanol–water partition coefficient (Wildman–Crippen LogP) is 0.158. The van der Waals surface area contributed by atoms with E-state index in [1.54, 1.807) is 16.2 Å². The molecule has 1 aliphatic rings. The van der Waals surface area contributed by atoms with Gasteiger partial charge in [-0.05, 0) is 0 Å². The van der Waals surface area contributed by atoms with E-state index in [9.17, 15) is 9.90 Å². The number of hydrogen-bond donors (Lipinski definition) is 1. The number of carbonyl (C=O) groups excluding carboxylic acids is 1. The van der Waals surface area contributed by atoms with Crippen LogP contribution in [0.4, 0.5) is 0 Å². The van der Waals surface area contributed by atoms with Crippen LogP contribution in [0.15, 0.2) is 17.8 Å². The van der Waals surface area contributed by atoms with Crippen LogP contribution in [0.1, 0.15) is 5.69 Å². The van der Waals surface area contributed by atoms with Gasteiger partial charge in [-0.25, -0.2) is 4.98 Å². The molecule has 0 bridgehead atoms. The summed E-state index contributed by atoms with van der Waals surface area (Å²) in [5.74, 6) is -0.00639. The molecular formula is C12H15N3O3S. The number of amides is 1. The molecule has 19 heavy (non-hydrogen) atoms. The number of rotatable bonds is 3. The third-order valence-electron chi connectivity index (χ3n) is 3.23. The lowest BCUT2D eigenvalue weighted by atomic mass is 10.2. The minimum atomic E-state index is -0.231. The largest absolute Gasteiger partial charge is 0.394 e. The van der Waals surface area contributed by atoms with Gasteiger partial charge >= 0.3 is 0 Å². The van der Waals surface area contributed by atoms with Crippen molar-refractivity contribution in [3.63, 3.8) is 0 Å². The smallest absolute Gasteiger partial charge is 0.229 e. The third-order valence-corrected chi connectivity index (χ3v) is 4.00. The van der Waals surface area contributed by atoms with Crippen LogP contribution in [0, 0.1) is 0 Å². The van der Waals surface area contributed by atoms with E-state index in [-0.39, 0.29) is 25.0 Å². The summed E-state index contributed by atoms with van der Waals surface area (Å²) in [7, 11) is 0. The Morgan fingerprint density at radius 1 is 1.63 bits per heavy atom. The normalized spacial score (nSPS) is 20.1. The van der Waals surface area contributed by atoms with Crippen molar-refractivity contribution in [1.29, 1.82) is 0 Å². The highest BCUT2D eigenvalue weighted by Gasteiger charge is 2.27. The van der Waals surface area contributed by atoms with Gasteiger partial charge in [0.05, 0.1) is 38.0 Å². The summed E-state index contributed by atoms with van der Waals surface area (Å²) >= 11 is 1.54. The van der Waals surface area contributed by atoms with Gasteiger partial charge in [-0.3, -0.25) is 9.20 Å². The van der Waals surface area contributed by atoms with Crippen molar-refractivity contribution >= 4 is 22.2 Å². The van der Waals surface area contributed by atoms with E-state index < -0.39 is 0 Å². The first-order valence-corrected chi connectivity index (χ1v) is 7.05. The number of imidazole rings is 1. The summed E-state index contributed by atoms with van der Waals surface area (Å²) in [5, 5.41) is 11.2. The summed E-state index contributed by atoms with van der Waals surface area (Å²) in [5.41, 5.74) is 0.764. The Morgan fingerprint density at radius 3 is 3.32 bits per heavy atom. The first kappa shape index (κ1) is 12.6. The van der Waals surface area contributed by atoms with Gasteiger partial charge in [0, 0.05) is 24.3 Å². The summed E-state index contributed by atoms with van der Waals surface area (Å²) in [6.45, 7) is 1.40. The zero-order chi connectivity index (χ0) is 13.2. The number of thiazole rings is 1. The van der Waals surface area contributed by atoms with Crippen LogP contribution in [-0.4, -0.2) is 57.7 Å². The second kappa shape index (κ2) is 5.28. The number of carbonyl (C=O) groups is 1. The lowest BCUT2D eigenvalue weighted by molar-refractivity contribution is -0.140. The molecule has 6 nitrogen and oxygen atoms in total. The van der Waals surface area contributed by atoms with E-state index in [0.717, 1.165) is 10.7 Å². The lowest BCUT2D eigenvalue weighted by Crippen LogP contribution is -2.51. The first-order valence-electron chi connectivity index (χ1n) is 6.17. The van der Waals surface area contributed by atoms with E-state index >= 15 is 0 Å². The SMILES string of the molecule is O=C(Cc1cn2ccsc2n1)N1CCOCC1CO. The molecule has 0 saturated carbocycles. The monoisotopic (exact) mass is 281 g/mol. The molecule has 1 unspecified atom stereocenters. The molecule has 1 N–H and O–H groups in total. The Morgan fingerprint density at radius 2 is 2.53 bits per heavy atom. The van der Waals surface area contributed by atoms with Crippen molar-refractivity contribution < 1.29 is 14.6 Å². The highest BCUT2D eigenvalue weighted by molar-refractivity contribution is 7.15. The van der Waals surface area contributed by atoms with Gasteiger partial charge < -0.3 is 14.7 Å². The lowest BCUT2D eigenvalue weighted by Gasteiger charge is -2.34. The first-order chi connectivity index (χ1) is 9.28. The Bertz CT molecular complexity index is 551. The van der Waals surface area contributed by atoms with E-state index in [2.05, 4.69) is 4.98 Å². The molecule has 3 heterocycles. The van der Waals surface area contributed by atoms with Crippen LogP contribution in [0.2, 0.25) is 0 Å². The average Bonchev–Trinajstić information content (AvgIpc) is 2.99. The fourth-order valence-electron chi connectivity index (χ4n) is 2.25. The topological polar surface area (TPSA) is 67.1 Å². The maximum absolute atomic E-state index is 12.2. The molecule has 0 radical (unpaired) electrons. The van der Waals surface area contributed by atoms with Gasteiger partial charge in [0.25, 0.3) is 0 Å². The number of nitrogens with zero attached hydrogens (tertiary/aromatic N) is 3. The van der Waals surface area contributed by atoms with Crippen molar-refractivity contribution in [3.8, 4) is 0 Å². The molecule has 1 atom stereocenters. The molecule has 1 amide bonds. The van der Waals surface area contributed by atoms with E-state index in [1.807, 2.05) is 22.2 Å². The Kier molecular flexibility index (Phi) is 3.50. The number of aliphatic hydroxyl groups is 1. The zero-order valence-electron chi connectivity index (χ0n) is 10.4. The average molecular weight is 281 g/mol. The number of ether oxygens (including phenoxy) is 1. The number of aromatic nitrogens is 2. The van der Waals surface area contributed by atoms with E-state index in [0.29, 0.717) is 19.8 Å². The highest BCUT2D eigenvalue weighted by Crippen LogP contribution is 2.14. The molecule has 0 aliphatic carbocycles. The summed E-state index contributed by atoms with van der Waals surface area (Å²) < 4.78 is 7.18. The van der Waals surface area contributed by atoms with Crippen LogP contribution < -0.4 is 0 Å². The van der Waals surface area contributed by atoms with Gasteiger partial charge in [-0.1, -0.05) is 0 Å². The molecule has 102 valence electrons. The highest BCUT2D eigenvalue weighted by atomic mass is 32.1. The molecule has 0 spiro atoms. The number of hydrogen-bond acceptors (Lipinski definition) is 5. The minimum absolute atomic E-state index is 0.00639. The van der Waals surface area contributed by atoms with Crippen LogP contribution >= 0.6 is 11.3 Å². The molecule has 0 aromatic carbocycles. The fourth-order valence-corrected chi connectivity index (χ4v) is 2.97. The Hall–Kier alpha value is -1.44. The molecule has 7 heteroatoms. The van der Waals surface area contributed by atoms with Crippen LogP contribution in [-0.2, 0) is 16.0 Å². The van der Waals surface area contributed by atoms with Gasteiger partial charge in [-0.2, -0.15) is 0 Å². The maximum atomic E-state index is 12.2. The molecule has 2 aromatic heterocycles. The number of morpholine rings is 1. The Balaban J connectivity index is 1.71. The van der Waals surface area contributed by atoms with Crippen molar-refractivity contribution in [2.24, 2.45) is 0 Å². The standard InChI is InChI=1S/C12H15N3O3S/c16-7-10-8-18-3-1-15(10)11(17)5-9-6-14-2-4-19-12(14)13-9/h2,4,6,10,16H,1,3,5,7-8H2. The second-order valence-corrected chi connectivity index (χ2v) is 5.37. The Labute approximate surface area is 114 Å². The minimum Gasteiger partial charge on any atom is -0.394 e. The molecule has 3 rings (SSSR count). The number of fused-ring (bicyclic) bond motifs is 1. The molecule has 1 aliphatic heterocycles. The maximum Gasteiger partial charge on any atom is 0.229 e. The van der Waals surface area contributed by atoms with Crippen LogP contribution in [0.25, 0.3) is 4.96 Å².